The van der Waals surface area contributed by atoms with E-state index in [-0.39, 0.29) is 23.8 Å². The fourth-order valence-electron chi connectivity index (χ4n) is 3.04. The highest BCUT2D eigenvalue weighted by Crippen LogP contribution is 2.14. The van der Waals surface area contributed by atoms with E-state index < -0.39 is 5.97 Å². The predicted octanol–water partition coefficient (Wildman–Crippen LogP) is 2.36. The minimum absolute atomic E-state index is 0.00899. The van der Waals surface area contributed by atoms with Crippen LogP contribution < -0.4 is 0 Å². The molecule has 0 unspecified atom stereocenters. The molecule has 0 saturated carbocycles. The molecular formula is C19H20N2O4S. The Hall–Kier alpha value is -2.67. The van der Waals surface area contributed by atoms with E-state index in [9.17, 15) is 14.4 Å². The molecule has 1 aliphatic rings. The minimum Gasteiger partial charge on any atom is -0.478 e. The van der Waals surface area contributed by atoms with Crippen LogP contribution in [0.15, 0.2) is 41.1 Å². The van der Waals surface area contributed by atoms with Crippen LogP contribution in [0.2, 0.25) is 0 Å². The van der Waals surface area contributed by atoms with Crippen molar-refractivity contribution in [3.05, 3.63) is 57.8 Å². The zero-order valence-electron chi connectivity index (χ0n) is 14.3. The fourth-order valence-corrected chi connectivity index (χ4v) is 3.67. The Labute approximate surface area is 155 Å². The van der Waals surface area contributed by atoms with Gasteiger partial charge in [0.1, 0.15) is 0 Å². The van der Waals surface area contributed by atoms with Crippen LogP contribution in [0.25, 0.3) is 0 Å². The van der Waals surface area contributed by atoms with Crippen LogP contribution in [0.4, 0.5) is 0 Å². The van der Waals surface area contributed by atoms with Gasteiger partial charge in [-0.2, -0.15) is 11.3 Å². The number of aromatic carboxylic acids is 1. The topological polar surface area (TPSA) is 77.9 Å². The molecule has 2 aromatic rings. The molecule has 0 radical (unpaired) electrons. The van der Waals surface area contributed by atoms with Gasteiger partial charge in [-0.05, 0) is 35.6 Å². The predicted molar refractivity (Wildman–Crippen MR) is 98.5 cm³/mol. The van der Waals surface area contributed by atoms with Crippen molar-refractivity contribution in [2.45, 2.75) is 12.8 Å². The summed E-state index contributed by atoms with van der Waals surface area (Å²) < 4.78 is 0. The molecule has 1 N–H and O–H groups in total. The Balaban J connectivity index is 1.60. The summed E-state index contributed by atoms with van der Waals surface area (Å²) in [6.45, 7) is 2.24. The lowest BCUT2D eigenvalue weighted by molar-refractivity contribution is -0.130. The molecule has 2 amide bonds. The molecule has 1 aromatic heterocycles. The van der Waals surface area contributed by atoms with Crippen molar-refractivity contribution in [3.8, 4) is 0 Å². The van der Waals surface area contributed by atoms with Crippen molar-refractivity contribution < 1.29 is 19.5 Å². The van der Waals surface area contributed by atoms with Crippen LogP contribution in [-0.2, 0) is 11.2 Å². The number of carboxylic acids is 1. The average molecular weight is 372 g/mol. The van der Waals surface area contributed by atoms with E-state index in [1.54, 1.807) is 21.9 Å². The standard InChI is InChI=1S/C19H20N2O4S/c22-17(12-14-3-1-4-15(11-14)19(24)25)20-6-2-7-21(9-8-20)18(23)16-5-10-26-13-16/h1,3-5,10-11,13H,2,6-9,12H2,(H,24,25). The Kier molecular flexibility index (Phi) is 5.68. The SMILES string of the molecule is O=C(O)c1cccc(CC(=O)N2CCCN(C(=O)c3ccsc3)CC2)c1. The number of thiophene rings is 1. The van der Waals surface area contributed by atoms with Crippen molar-refractivity contribution >= 4 is 29.1 Å². The van der Waals surface area contributed by atoms with Gasteiger partial charge in [0.05, 0.1) is 17.5 Å². The van der Waals surface area contributed by atoms with Gasteiger partial charge in [0.2, 0.25) is 5.91 Å². The third kappa shape index (κ3) is 4.29. The van der Waals surface area contributed by atoms with Crippen molar-refractivity contribution in [2.75, 3.05) is 26.2 Å². The first-order valence-electron chi connectivity index (χ1n) is 8.46. The van der Waals surface area contributed by atoms with Crippen molar-refractivity contribution in [2.24, 2.45) is 0 Å². The normalized spacial score (nSPS) is 14.8. The molecule has 1 aromatic carbocycles. The maximum Gasteiger partial charge on any atom is 0.335 e. The number of amides is 2. The summed E-state index contributed by atoms with van der Waals surface area (Å²) in [6, 6.07) is 8.27. The molecular weight excluding hydrogens is 352 g/mol. The van der Waals surface area contributed by atoms with E-state index in [0.29, 0.717) is 37.3 Å². The third-order valence-electron chi connectivity index (χ3n) is 4.43. The van der Waals surface area contributed by atoms with Gasteiger partial charge in [-0.15, -0.1) is 0 Å². The van der Waals surface area contributed by atoms with Crippen molar-refractivity contribution in [1.82, 2.24) is 9.80 Å². The number of nitrogens with zero attached hydrogens (tertiary/aromatic N) is 2. The van der Waals surface area contributed by atoms with Gasteiger partial charge in [0.15, 0.2) is 0 Å². The first-order valence-corrected chi connectivity index (χ1v) is 9.40. The minimum atomic E-state index is -1.00. The molecule has 0 spiro atoms. The highest BCUT2D eigenvalue weighted by Gasteiger charge is 2.23. The number of hydrogen-bond donors (Lipinski definition) is 1. The lowest BCUT2D eigenvalue weighted by Crippen LogP contribution is -2.37. The molecule has 136 valence electrons. The van der Waals surface area contributed by atoms with Crippen LogP contribution in [0, 0.1) is 0 Å². The number of rotatable bonds is 4. The van der Waals surface area contributed by atoms with E-state index in [1.807, 2.05) is 16.8 Å². The molecule has 1 aliphatic heterocycles. The highest BCUT2D eigenvalue weighted by atomic mass is 32.1. The van der Waals surface area contributed by atoms with Crippen molar-refractivity contribution in [1.29, 1.82) is 0 Å². The highest BCUT2D eigenvalue weighted by molar-refractivity contribution is 7.08. The van der Waals surface area contributed by atoms with Gasteiger partial charge in [0, 0.05) is 31.6 Å². The van der Waals surface area contributed by atoms with E-state index >= 15 is 0 Å². The number of carboxylic acid groups (broad SMARTS) is 1. The van der Waals surface area contributed by atoms with Gasteiger partial charge < -0.3 is 14.9 Å². The number of carbonyl (C=O) groups excluding carboxylic acids is 2. The molecule has 6 nitrogen and oxygen atoms in total. The quantitative estimate of drug-likeness (QED) is 0.894. The molecule has 7 heteroatoms. The lowest BCUT2D eigenvalue weighted by atomic mass is 10.1. The molecule has 0 bridgehead atoms. The Morgan fingerprint density at radius 1 is 1.00 bits per heavy atom. The Bertz CT molecular complexity index is 804. The summed E-state index contributed by atoms with van der Waals surface area (Å²) in [5, 5.41) is 12.8. The summed E-state index contributed by atoms with van der Waals surface area (Å²) in [6.07, 6.45) is 0.899. The van der Waals surface area contributed by atoms with Gasteiger partial charge in [-0.3, -0.25) is 9.59 Å². The van der Waals surface area contributed by atoms with Gasteiger partial charge in [0.25, 0.3) is 5.91 Å². The molecule has 0 atom stereocenters. The summed E-state index contributed by atoms with van der Waals surface area (Å²) in [5.41, 5.74) is 1.56. The maximum absolute atomic E-state index is 12.6. The molecule has 26 heavy (non-hydrogen) atoms. The Morgan fingerprint density at radius 3 is 2.50 bits per heavy atom. The second kappa shape index (κ2) is 8.14. The summed E-state index contributed by atoms with van der Waals surface area (Å²) >= 11 is 1.49. The van der Waals surface area contributed by atoms with Crippen LogP contribution >= 0.6 is 11.3 Å². The zero-order valence-corrected chi connectivity index (χ0v) is 15.1. The average Bonchev–Trinajstić information content (AvgIpc) is 3.05. The zero-order chi connectivity index (χ0) is 18.5. The van der Waals surface area contributed by atoms with E-state index in [0.717, 1.165) is 6.42 Å². The van der Waals surface area contributed by atoms with E-state index in [1.165, 1.54) is 23.5 Å². The smallest absolute Gasteiger partial charge is 0.335 e. The van der Waals surface area contributed by atoms with Crippen LogP contribution in [0.3, 0.4) is 0 Å². The molecule has 3 rings (SSSR count). The molecule has 0 aliphatic carbocycles. The Morgan fingerprint density at radius 2 is 1.77 bits per heavy atom. The van der Waals surface area contributed by atoms with Crippen LogP contribution in [0.5, 0.6) is 0 Å². The fraction of sp³-hybridized carbons (Fsp3) is 0.316. The van der Waals surface area contributed by atoms with Gasteiger partial charge >= 0.3 is 5.97 Å². The largest absolute Gasteiger partial charge is 0.478 e. The first-order chi connectivity index (χ1) is 12.5. The summed E-state index contributed by atoms with van der Waals surface area (Å²) in [5.74, 6) is -1.04. The molecule has 2 heterocycles. The molecule has 1 fully saturated rings. The lowest BCUT2D eigenvalue weighted by Gasteiger charge is -2.22. The van der Waals surface area contributed by atoms with Crippen molar-refractivity contribution in [3.63, 3.8) is 0 Å². The van der Waals surface area contributed by atoms with Crippen LogP contribution in [0.1, 0.15) is 32.7 Å². The summed E-state index contributed by atoms with van der Waals surface area (Å²) in [7, 11) is 0. The molecule has 1 saturated heterocycles. The van der Waals surface area contributed by atoms with E-state index in [4.69, 9.17) is 5.11 Å². The monoisotopic (exact) mass is 372 g/mol. The second-order valence-electron chi connectivity index (χ2n) is 6.22. The van der Waals surface area contributed by atoms with Gasteiger partial charge in [-0.25, -0.2) is 4.79 Å². The number of benzene rings is 1. The number of carbonyl (C=O) groups is 3. The van der Waals surface area contributed by atoms with Gasteiger partial charge in [-0.1, -0.05) is 12.1 Å². The second-order valence-corrected chi connectivity index (χ2v) is 7.00. The van der Waals surface area contributed by atoms with E-state index in [2.05, 4.69) is 0 Å². The maximum atomic E-state index is 12.6. The third-order valence-corrected chi connectivity index (χ3v) is 5.12. The number of hydrogen-bond acceptors (Lipinski definition) is 4. The first kappa shape index (κ1) is 18.1. The van der Waals surface area contributed by atoms with Crippen LogP contribution in [-0.4, -0.2) is 58.9 Å². The summed E-state index contributed by atoms with van der Waals surface area (Å²) in [4.78, 5) is 39.6.